The highest BCUT2D eigenvalue weighted by atomic mass is 16.3. The molecule has 12 heteroatoms. The molecule has 0 fully saturated rings. The number of hydrogen-bond donors (Lipinski definition) is 8. The van der Waals surface area contributed by atoms with E-state index in [4.69, 9.17) is 0 Å². The van der Waals surface area contributed by atoms with E-state index in [-0.39, 0.29) is 0 Å². The van der Waals surface area contributed by atoms with E-state index < -0.39 is 24.4 Å². The molecule has 0 aliphatic carbocycles. The van der Waals surface area contributed by atoms with Gasteiger partial charge in [-0.05, 0) is 123 Å². The molecule has 8 bridgehead atoms. The Balaban J connectivity index is 1.28. The molecule has 0 saturated carbocycles. The van der Waals surface area contributed by atoms with Crippen LogP contribution >= 0.6 is 0 Å². The van der Waals surface area contributed by atoms with Crippen LogP contribution in [0, 0.1) is 0 Å². The lowest BCUT2D eigenvalue weighted by Crippen LogP contribution is -2.29. The zero-order valence-corrected chi connectivity index (χ0v) is 37.1. The van der Waals surface area contributed by atoms with Crippen molar-refractivity contribution in [2.75, 3.05) is 52.4 Å². The molecule has 0 amide bonds. The van der Waals surface area contributed by atoms with Gasteiger partial charge in [0.15, 0.2) is 0 Å². The number of allylic oxidation sites excluding steroid dienone is 8. The first-order valence-electron chi connectivity index (χ1n) is 22.5. The summed E-state index contributed by atoms with van der Waals surface area (Å²) in [5.74, 6) is 0. The fraction of sp³-hybridized carbons (Fsp3) is 0.308. The Kier molecular flexibility index (Phi) is 12.3. The number of H-pyrrole nitrogens is 4. The molecule has 8 N–H and O–H groups in total. The molecule has 5 aliphatic heterocycles. The first-order chi connectivity index (χ1) is 30.9. The van der Waals surface area contributed by atoms with Gasteiger partial charge in [-0.15, -0.1) is 0 Å². The summed E-state index contributed by atoms with van der Waals surface area (Å²) >= 11 is 0. The van der Waals surface area contributed by atoms with E-state index in [1.54, 1.807) is 0 Å². The Labute approximate surface area is 373 Å². The first-order valence-corrected chi connectivity index (χ1v) is 22.5. The minimum Gasteiger partial charge on any atom is -0.392 e. The number of rotatable bonds is 12. The number of nitrogens with zero attached hydrogens (tertiary/aromatic N) is 4. The Morgan fingerprint density at radius 1 is 0.375 bits per heavy atom. The summed E-state index contributed by atoms with van der Waals surface area (Å²) in [6.45, 7) is 12.1. The van der Waals surface area contributed by atoms with Crippen molar-refractivity contribution < 1.29 is 20.4 Å². The van der Waals surface area contributed by atoms with E-state index in [9.17, 15) is 20.4 Å². The molecule has 4 aromatic rings. The van der Waals surface area contributed by atoms with Gasteiger partial charge in [0.1, 0.15) is 0 Å². The van der Waals surface area contributed by atoms with Crippen molar-refractivity contribution in [2.24, 2.45) is 0 Å². The molecular weight excluding hydrogens is 801 g/mol. The number of hydrogen-bond acceptors (Lipinski definition) is 8. The maximum Gasteiger partial charge on any atom is 0.0686 e. The van der Waals surface area contributed by atoms with E-state index in [0.717, 1.165) is 88.8 Å². The lowest BCUT2D eigenvalue weighted by Gasteiger charge is -2.25. The predicted octanol–water partition coefficient (Wildman–Crippen LogP) is 2.65. The normalized spacial score (nSPS) is 19.5. The van der Waals surface area contributed by atoms with Crippen LogP contribution in [0.5, 0.6) is 0 Å². The van der Waals surface area contributed by atoms with Gasteiger partial charge in [-0.1, -0.05) is 24.3 Å². The topological polar surface area (TPSA) is 157 Å². The van der Waals surface area contributed by atoms with Gasteiger partial charge in [0, 0.05) is 144 Å². The van der Waals surface area contributed by atoms with Crippen molar-refractivity contribution in [2.45, 2.75) is 52.1 Å². The smallest absolute Gasteiger partial charge is 0.0686 e. The third kappa shape index (κ3) is 9.27. The van der Waals surface area contributed by atoms with E-state index in [1.807, 2.05) is 27.7 Å². The molecule has 64 heavy (non-hydrogen) atoms. The lowest BCUT2D eigenvalue weighted by atomic mass is 10.00. The largest absolute Gasteiger partial charge is 0.392 e. The molecule has 332 valence electrons. The number of aliphatic hydroxyl groups excluding tert-OH is 4. The Morgan fingerprint density at radius 2 is 0.609 bits per heavy atom. The number of aliphatic hydroxyl groups is 4. The van der Waals surface area contributed by atoms with Crippen LogP contribution in [-0.4, -0.2) is 137 Å². The molecule has 4 atom stereocenters. The minimum absolute atomic E-state index is 0.447. The highest BCUT2D eigenvalue weighted by Gasteiger charge is 2.22. The van der Waals surface area contributed by atoms with E-state index in [2.05, 4.69) is 161 Å². The number of aromatic nitrogens is 4. The second-order valence-corrected chi connectivity index (χ2v) is 17.8. The summed E-state index contributed by atoms with van der Waals surface area (Å²) in [7, 11) is 0. The van der Waals surface area contributed by atoms with Gasteiger partial charge in [-0.25, -0.2) is 0 Å². The summed E-state index contributed by atoms with van der Waals surface area (Å²) in [6.07, 6.45) is 23.9. The summed E-state index contributed by atoms with van der Waals surface area (Å²) in [5, 5.41) is 44.5. The summed E-state index contributed by atoms with van der Waals surface area (Å²) < 4.78 is 0. The lowest BCUT2D eigenvalue weighted by molar-refractivity contribution is 0.155. The number of β-amino-alcohol motifs (C(OH)–C–C–N with tert-alkyl or cyclic N) is 4. The molecule has 0 aromatic carbocycles. The Hall–Kier alpha value is -6.44. The molecule has 12 nitrogen and oxygen atoms in total. The van der Waals surface area contributed by atoms with Crippen LogP contribution in [0.25, 0.3) is 22.3 Å². The maximum atomic E-state index is 10.2. The molecule has 4 aromatic heterocycles. The van der Waals surface area contributed by atoms with Gasteiger partial charge >= 0.3 is 0 Å². The second kappa shape index (κ2) is 18.3. The van der Waals surface area contributed by atoms with E-state index in [0.29, 0.717) is 52.4 Å². The van der Waals surface area contributed by atoms with E-state index in [1.165, 1.54) is 0 Å². The average Bonchev–Trinajstić information content (AvgIpc) is 4.11. The van der Waals surface area contributed by atoms with Crippen LogP contribution in [0.4, 0.5) is 0 Å². The molecule has 0 spiro atoms. The first kappa shape index (κ1) is 42.8. The number of aromatic amines is 4. The quantitative estimate of drug-likeness (QED) is 0.108. The zero-order valence-electron chi connectivity index (χ0n) is 37.1. The van der Waals surface area contributed by atoms with Gasteiger partial charge in [0.25, 0.3) is 0 Å². The van der Waals surface area contributed by atoms with Crippen LogP contribution in [0.1, 0.15) is 50.5 Å². The monoisotopic (exact) mass is 860 g/mol. The molecular formula is C52H60N8O4. The Morgan fingerprint density at radius 3 is 0.797 bits per heavy atom. The van der Waals surface area contributed by atoms with Gasteiger partial charge in [-0.2, -0.15) is 0 Å². The SMILES string of the molecule is CC(O)CN1C=CC(C2=c3ccc([nH]3)=C(C3=CCN(CC(C)O)C=C3)c3ccc([nH]3)C(C3=CCN(CC(C)O)C=C3)=c3ccc([nH]3)=C(C3=CCN(CC(C)O)C=C3)c3ccc2[nH]3)=CC1. The molecule has 0 radical (unpaired) electrons. The van der Waals surface area contributed by atoms with Crippen LogP contribution in [0.3, 0.4) is 0 Å². The molecule has 5 aliphatic rings. The summed E-state index contributed by atoms with van der Waals surface area (Å²) in [5.41, 5.74) is 12.2. The van der Waals surface area contributed by atoms with Crippen LogP contribution in [0.15, 0.2) is 144 Å². The highest BCUT2D eigenvalue weighted by Crippen LogP contribution is 2.31. The standard InChI is InChI=1S/C52H60N8O4/c1-33(61)29-57-21-13-37(14-22-57)49-41-5-7-43(53-41)50(38-15-23-58(24-16-38)30-34(2)62)45-9-11-47(55-45)52(40-19-27-60(28-20-40)32-36(4)64)48-12-10-46(56-48)51(44-8-6-42(49)54-44)39-17-25-59(26-18-39)31-35(3)63/h5-21,23,25,27,33-36,53-56,61-64H,22,24,26,28-32H2,1-4H3. The molecule has 4 unspecified atom stereocenters. The third-order valence-electron chi connectivity index (χ3n) is 12.1. The molecule has 0 saturated heterocycles. The minimum atomic E-state index is -0.447. The van der Waals surface area contributed by atoms with Gasteiger partial charge in [-0.3, -0.25) is 0 Å². The maximum absolute atomic E-state index is 10.2. The van der Waals surface area contributed by atoms with Gasteiger partial charge in [0.2, 0.25) is 0 Å². The van der Waals surface area contributed by atoms with Crippen molar-refractivity contribution in [3.8, 4) is 0 Å². The zero-order chi connectivity index (χ0) is 44.5. The number of nitrogens with one attached hydrogen (secondary N) is 4. The van der Waals surface area contributed by atoms with Crippen molar-refractivity contribution in [3.63, 3.8) is 0 Å². The van der Waals surface area contributed by atoms with Crippen LogP contribution in [-0.2, 0) is 0 Å². The fourth-order valence-electron chi connectivity index (χ4n) is 9.33. The summed E-state index contributed by atoms with van der Waals surface area (Å²) in [4.78, 5) is 24.0. The average molecular weight is 861 g/mol. The Bertz CT molecular complexity index is 2520. The van der Waals surface area contributed by atoms with Crippen LogP contribution < -0.4 is 21.4 Å². The second-order valence-electron chi connectivity index (χ2n) is 17.8. The highest BCUT2D eigenvalue weighted by molar-refractivity contribution is 5.87. The van der Waals surface area contributed by atoms with Gasteiger partial charge < -0.3 is 60.0 Å². The number of fused-ring (bicyclic) bond motifs is 8. The van der Waals surface area contributed by atoms with Gasteiger partial charge in [0.05, 0.1) is 24.4 Å². The van der Waals surface area contributed by atoms with Crippen molar-refractivity contribution in [3.05, 3.63) is 188 Å². The van der Waals surface area contributed by atoms with Crippen molar-refractivity contribution in [1.82, 2.24) is 39.5 Å². The summed E-state index contributed by atoms with van der Waals surface area (Å²) in [6, 6.07) is 17.3. The van der Waals surface area contributed by atoms with Crippen molar-refractivity contribution >= 4 is 22.3 Å². The third-order valence-corrected chi connectivity index (χ3v) is 12.1. The van der Waals surface area contributed by atoms with Crippen LogP contribution in [0.2, 0.25) is 0 Å². The fourth-order valence-corrected chi connectivity index (χ4v) is 9.33. The van der Waals surface area contributed by atoms with E-state index >= 15 is 0 Å². The molecule has 9 rings (SSSR count). The van der Waals surface area contributed by atoms with Crippen molar-refractivity contribution in [1.29, 1.82) is 0 Å². The molecule has 9 heterocycles. The predicted molar refractivity (Wildman–Crippen MR) is 254 cm³/mol.